The Labute approximate surface area is 89.6 Å². The quantitative estimate of drug-likeness (QED) is 0.620. The second-order valence-electron chi connectivity index (χ2n) is 3.94. The van der Waals surface area contributed by atoms with Gasteiger partial charge in [-0.15, -0.1) is 0 Å². The zero-order valence-electron chi connectivity index (χ0n) is 9.45. The van der Waals surface area contributed by atoms with Crippen LogP contribution in [0.3, 0.4) is 0 Å². The molecule has 1 atom stereocenters. The van der Waals surface area contributed by atoms with E-state index in [9.17, 15) is 13.2 Å². The smallest absolute Gasteiger partial charge is 0.319 e. The van der Waals surface area contributed by atoms with E-state index in [2.05, 4.69) is 17.6 Å². The molecule has 0 bridgehead atoms. The maximum absolute atomic E-state index is 11.8. The summed E-state index contributed by atoms with van der Waals surface area (Å²) >= 11 is 0. The van der Waals surface area contributed by atoms with Gasteiger partial charge in [-0.2, -0.15) is 13.2 Å². The van der Waals surface area contributed by atoms with Crippen LogP contribution in [-0.2, 0) is 0 Å². The molecule has 0 radical (unpaired) electrons. The molecule has 0 amide bonds. The lowest BCUT2D eigenvalue weighted by molar-refractivity contribution is -0.135. The van der Waals surface area contributed by atoms with Gasteiger partial charge in [0.05, 0.1) is 0 Å². The van der Waals surface area contributed by atoms with Crippen LogP contribution in [0.15, 0.2) is 0 Å². The average molecular weight is 226 g/mol. The van der Waals surface area contributed by atoms with E-state index in [0.29, 0.717) is 18.9 Å². The number of hydrogen-bond donors (Lipinski definition) is 2. The Balaban J connectivity index is 3.18. The molecular weight excluding hydrogens is 205 g/mol. The highest BCUT2D eigenvalue weighted by Crippen LogP contribution is 2.21. The number of rotatable bonds is 8. The summed E-state index contributed by atoms with van der Waals surface area (Å²) in [6, 6.07) is 0. The van der Waals surface area contributed by atoms with Gasteiger partial charge in [-0.3, -0.25) is 0 Å². The van der Waals surface area contributed by atoms with Gasteiger partial charge in [0.25, 0.3) is 0 Å². The lowest BCUT2D eigenvalue weighted by Gasteiger charge is -2.12. The molecule has 2 N–H and O–H groups in total. The molecule has 0 saturated heterocycles. The van der Waals surface area contributed by atoms with E-state index in [1.54, 1.807) is 0 Å². The van der Waals surface area contributed by atoms with E-state index < -0.39 is 12.6 Å². The molecule has 1 unspecified atom stereocenters. The van der Waals surface area contributed by atoms with Gasteiger partial charge in [0.15, 0.2) is 0 Å². The zero-order chi connectivity index (χ0) is 11.7. The fraction of sp³-hybridized carbons (Fsp3) is 1.00. The minimum Gasteiger partial charge on any atom is -0.319 e. The first-order valence-electron chi connectivity index (χ1n) is 5.38. The topological polar surface area (TPSA) is 24.1 Å². The highest BCUT2D eigenvalue weighted by atomic mass is 19.4. The molecule has 0 heterocycles. The standard InChI is InChI=1S/C10H21F3N2/c1-9(7-14-2)8-15-6-4-3-5-10(11,12)13/h9,14-15H,3-8H2,1-2H3. The van der Waals surface area contributed by atoms with Crippen LogP contribution >= 0.6 is 0 Å². The van der Waals surface area contributed by atoms with Crippen LogP contribution in [0.4, 0.5) is 13.2 Å². The van der Waals surface area contributed by atoms with Crippen molar-refractivity contribution in [1.29, 1.82) is 0 Å². The zero-order valence-corrected chi connectivity index (χ0v) is 9.45. The Kier molecular flexibility index (Phi) is 7.78. The maximum atomic E-state index is 11.8. The third-order valence-corrected chi connectivity index (χ3v) is 2.11. The lowest BCUT2D eigenvalue weighted by Crippen LogP contribution is -2.28. The fourth-order valence-corrected chi connectivity index (χ4v) is 1.34. The molecule has 0 aliphatic carbocycles. The van der Waals surface area contributed by atoms with E-state index in [4.69, 9.17) is 0 Å². The van der Waals surface area contributed by atoms with E-state index in [-0.39, 0.29) is 6.42 Å². The highest BCUT2D eigenvalue weighted by Gasteiger charge is 2.25. The van der Waals surface area contributed by atoms with E-state index in [1.165, 1.54) is 0 Å². The second kappa shape index (κ2) is 7.93. The first kappa shape index (κ1) is 14.7. The molecule has 0 aromatic heterocycles. The Morgan fingerprint density at radius 2 is 1.80 bits per heavy atom. The minimum absolute atomic E-state index is 0.219. The van der Waals surface area contributed by atoms with Crippen LogP contribution in [-0.4, -0.2) is 32.9 Å². The van der Waals surface area contributed by atoms with Gasteiger partial charge in [-0.1, -0.05) is 6.92 Å². The van der Waals surface area contributed by atoms with Crippen LogP contribution < -0.4 is 10.6 Å². The number of halogens is 3. The molecule has 0 fully saturated rings. The third-order valence-electron chi connectivity index (χ3n) is 2.11. The van der Waals surface area contributed by atoms with Crippen LogP contribution in [0.5, 0.6) is 0 Å². The molecule has 0 aliphatic rings. The summed E-state index contributed by atoms with van der Waals surface area (Å²) in [6.45, 7) is 4.55. The summed E-state index contributed by atoms with van der Waals surface area (Å²) in [5, 5.41) is 6.20. The van der Waals surface area contributed by atoms with E-state index in [1.807, 2.05) is 7.05 Å². The van der Waals surface area contributed by atoms with Gasteiger partial charge in [-0.05, 0) is 45.4 Å². The summed E-state index contributed by atoms with van der Waals surface area (Å²) in [7, 11) is 1.89. The number of alkyl halides is 3. The number of hydrogen-bond acceptors (Lipinski definition) is 2. The largest absolute Gasteiger partial charge is 0.389 e. The monoisotopic (exact) mass is 226 g/mol. The summed E-state index contributed by atoms with van der Waals surface area (Å²) in [5.74, 6) is 0.512. The molecule has 5 heteroatoms. The van der Waals surface area contributed by atoms with Gasteiger partial charge in [0, 0.05) is 6.42 Å². The highest BCUT2D eigenvalue weighted by molar-refractivity contribution is 4.59. The first-order chi connectivity index (χ1) is 6.95. The summed E-state index contributed by atoms with van der Waals surface area (Å²) in [4.78, 5) is 0. The molecule has 0 rings (SSSR count). The molecule has 0 aliphatic heterocycles. The Morgan fingerprint density at radius 3 is 2.33 bits per heavy atom. The van der Waals surface area contributed by atoms with Crippen molar-refractivity contribution in [2.45, 2.75) is 32.4 Å². The maximum Gasteiger partial charge on any atom is 0.389 e. The predicted octanol–water partition coefficient (Wildman–Crippen LogP) is 2.16. The van der Waals surface area contributed by atoms with Crippen molar-refractivity contribution < 1.29 is 13.2 Å². The molecule has 0 spiro atoms. The van der Waals surface area contributed by atoms with Crippen LogP contribution in [0.2, 0.25) is 0 Å². The Bertz CT molecular complexity index is 148. The van der Waals surface area contributed by atoms with Crippen LogP contribution in [0.25, 0.3) is 0 Å². The molecule has 0 aromatic rings. The summed E-state index contributed by atoms with van der Waals surface area (Å²) < 4.78 is 35.3. The van der Waals surface area contributed by atoms with Gasteiger partial charge >= 0.3 is 6.18 Å². The van der Waals surface area contributed by atoms with E-state index >= 15 is 0 Å². The molecular formula is C10H21F3N2. The second-order valence-corrected chi connectivity index (χ2v) is 3.94. The van der Waals surface area contributed by atoms with Crippen molar-refractivity contribution in [3.63, 3.8) is 0 Å². The molecule has 0 aromatic carbocycles. The van der Waals surface area contributed by atoms with Gasteiger partial charge in [0.2, 0.25) is 0 Å². The van der Waals surface area contributed by atoms with Crippen molar-refractivity contribution in [2.75, 3.05) is 26.7 Å². The van der Waals surface area contributed by atoms with Crippen molar-refractivity contribution in [3.05, 3.63) is 0 Å². The van der Waals surface area contributed by atoms with Crippen molar-refractivity contribution in [2.24, 2.45) is 5.92 Å². The minimum atomic E-state index is -4.00. The molecule has 92 valence electrons. The summed E-state index contributed by atoms with van der Waals surface area (Å²) in [5.41, 5.74) is 0. The SMILES string of the molecule is CNCC(C)CNCCCCC(F)(F)F. The third kappa shape index (κ3) is 11.6. The lowest BCUT2D eigenvalue weighted by atomic mass is 10.2. The molecule has 15 heavy (non-hydrogen) atoms. The van der Waals surface area contributed by atoms with E-state index in [0.717, 1.165) is 13.1 Å². The van der Waals surface area contributed by atoms with Crippen molar-refractivity contribution in [1.82, 2.24) is 10.6 Å². The molecule has 2 nitrogen and oxygen atoms in total. The fourth-order valence-electron chi connectivity index (χ4n) is 1.34. The van der Waals surface area contributed by atoms with Gasteiger partial charge in [-0.25, -0.2) is 0 Å². The number of unbranched alkanes of at least 4 members (excludes halogenated alkanes) is 1. The predicted molar refractivity (Wildman–Crippen MR) is 55.9 cm³/mol. The van der Waals surface area contributed by atoms with Crippen molar-refractivity contribution in [3.8, 4) is 0 Å². The van der Waals surface area contributed by atoms with Gasteiger partial charge < -0.3 is 10.6 Å². The Hall–Kier alpha value is -0.290. The first-order valence-corrected chi connectivity index (χ1v) is 5.38. The van der Waals surface area contributed by atoms with Crippen molar-refractivity contribution >= 4 is 0 Å². The number of nitrogens with one attached hydrogen (secondary N) is 2. The van der Waals surface area contributed by atoms with Crippen LogP contribution in [0.1, 0.15) is 26.2 Å². The van der Waals surface area contributed by atoms with Gasteiger partial charge in [0.1, 0.15) is 0 Å². The summed E-state index contributed by atoms with van der Waals surface area (Å²) in [6.07, 6.45) is -3.86. The van der Waals surface area contributed by atoms with Crippen LogP contribution in [0, 0.1) is 5.92 Å². The molecule has 0 saturated carbocycles. The average Bonchev–Trinajstić information content (AvgIpc) is 2.09. The normalized spacial score (nSPS) is 14.2. The Morgan fingerprint density at radius 1 is 1.13 bits per heavy atom.